The molecule has 0 aromatic carbocycles. The predicted molar refractivity (Wildman–Crippen MR) is 48.8 cm³/mol. The number of piperazine rings is 1. The van der Waals surface area contributed by atoms with E-state index < -0.39 is 10.0 Å². The molecule has 2 unspecified atom stereocenters. The summed E-state index contributed by atoms with van der Waals surface area (Å²) in [7, 11) is -2.90. The Morgan fingerprint density at radius 3 is 2.54 bits per heavy atom. The van der Waals surface area contributed by atoms with E-state index in [0.29, 0.717) is 12.6 Å². The summed E-state index contributed by atoms with van der Waals surface area (Å²) in [5.41, 5.74) is 0. The van der Waals surface area contributed by atoms with Gasteiger partial charge < -0.3 is 5.32 Å². The highest BCUT2D eigenvalue weighted by atomic mass is 32.2. The predicted octanol–water partition coefficient (Wildman–Crippen LogP) is -0.475. The molecule has 0 spiro atoms. The largest absolute Gasteiger partial charge is 0.311 e. The van der Waals surface area contributed by atoms with Crippen LogP contribution in [0.4, 0.5) is 0 Å². The third-order valence-corrected chi connectivity index (χ3v) is 5.69. The standard InChI is InChI=1S/C8H14N2O2S/c11-13(12,8-1-2-8)10-5-6-3-7(10)4-9-6/h6-9H,1-5H2. The van der Waals surface area contributed by atoms with E-state index in [1.54, 1.807) is 4.31 Å². The van der Waals surface area contributed by atoms with Crippen molar-refractivity contribution < 1.29 is 8.42 Å². The molecule has 0 aromatic heterocycles. The van der Waals surface area contributed by atoms with Crippen LogP contribution in [-0.2, 0) is 10.0 Å². The van der Waals surface area contributed by atoms with E-state index in [1.807, 2.05) is 0 Å². The zero-order chi connectivity index (χ0) is 9.05. The third kappa shape index (κ3) is 1.14. The van der Waals surface area contributed by atoms with Crippen LogP contribution in [0.3, 0.4) is 0 Å². The van der Waals surface area contributed by atoms with Gasteiger partial charge in [-0.2, -0.15) is 4.31 Å². The normalized spacial score (nSPS) is 40.0. The van der Waals surface area contributed by atoms with E-state index in [2.05, 4.69) is 5.32 Å². The van der Waals surface area contributed by atoms with E-state index in [1.165, 1.54) is 0 Å². The van der Waals surface area contributed by atoms with Gasteiger partial charge >= 0.3 is 0 Å². The molecule has 2 saturated heterocycles. The minimum Gasteiger partial charge on any atom is -0.311 e. The first-order valence-electron chi connectivity index (χ1n) is 4.92. The molecule has 1 aliphatic carbocycles. The van der Waals surface area contributed by atoms with Crippen molar-refractivity contribution in [2.75, 3.05) is 13.1 Å². The number of sulfonamides is 1. The first kappa shape index (κ1) is 8.20. The van der Waals surface area contributed by atoms with Gasteiger partial charge in [-0.05, 0) is 19.3 Å². The number of hydrogen-bond donors (Lipinski definition) is 1. The van der Waals surface area contributed by atoms with Crippen LogP contribution in [0.15, 0.2) is 0 Å². The average molecular weight is 202 g/mol. The molecule has 4 nitrogen and oxygen atoms in total. The zero-order valence-electron chi connectivity index (χ0n) is 7.44. The van der Waals surface area contributed by atoms with E-state index in [4.69, 9.17) is 0 Å². The van der Waals surface area contributed by atoms with Crippen molar-refractivity contribution >= 4 is 10.0 Å². The molecule has 74 valence electrons. The molecule has 0 aromatic rings. The lowest BCUT2D eigenvalue weighted by atomic mass is 10.2. The van der Waals surface area contributed by atoms with E-state index >= 15 is 0 Å². The van der Waals surface area contributed by atoms with Crippen LogP contribution in [0, 0.1) is 0 Å². The molecular weight excluding hydrogens is 188 g/mol. The van der Waals surface area contributed by atoms with Gasteiger partial charge in [0.25, 0.3) is 0 Å². The van der Waals surface area contributed by atoms with Crippen LogP contribution in [0.1, 0.15) is 19.3 Å². The van der Waals surface area contributed by atoms with Crippen molar-refractivity contribution in [2.45, 2.75) is 36.6 Å². The molecule has 0 radical (unpaired) electrons. The summed E-state index contributed by atoms with van der Waals surface area (Å²) in [5.74, 6) is 0. The summed E-state index contributed by atoms with van der Waals surface area (Å²) < 4.78 is 25.5. The smallest absolute Gasteiger partial charge is 0.217 e. The number of hydrogen-bond acceptors (Lipinski definition) is 3. The Kier molecular flexibility index (Phi) is 1.55. The fraction of sp³-hybridized carbons (Fsp3) is 1.00. The molecule has 3 fully saturated rings. The Morgan fingerprint density at radius 2 is 2.08 bits per heavy atom. The summed E-state index contributed by atoms with van der Waals surface area (Å²) in [6.07, 6.45) is 2.78. The van der Waals surface area contributed by atoms with Crippen molar-refractivity contribution in [3.63, 3.8) is 0 Å². The van der Waals surface area contributed by atoms with E-state index in [0.717, 1.165) is 25.8 Å². The van der Waals surface area contributed by atoms with Gasteiger partial charge in [-0.3, -0.25) is 0 Å². The van der Waals surface area contributed by atoms with Crippen LogP contribution in [0.5, 0.6) is 0 Å². The second-order valence-electron chi connectivity index (χ2n) is 4.31. The van der Waals surface area contributed by atoms with Crippen LogP contribution in [0.25, 0.3) is 0 Å². The first-order valence-corrected chi connectivity index (χ1v) is 6.42. The number of nitrogens with one attached hydrogen (secondary N) is 1. The Labute approximate surface area is 78.3 Å². The van der Waals surface area contributed by atoms with Crippen molar-refractivity contribution in [1.29, 1.82) is 0 Å². The maximum absolute atomic E-state index is 11.9. The minimum atomic E-state index is -2.90. The second-order valence-corrected chi connectivity index (χ2v) is 6.47. The second kappa shape index (κ2) is 2.46. The summed E-state index contributed by atoms with van der Waals surface area (Å²) in [6, 6.07) is 0.689. The Balaban J connectivity index is 1.86. The van der Waals surface area contributed by atoms with Crippen LogP contribution < -0.4 is 5.32 Å². The van der Waals surface area contributed by atoms with E-state index in [9.17, 15) is 8.42 Å². The Hall–Kier alpha value is -0.130. The fourth-order valence-electron chi connectivity index (χ4n) is 2.39. The molecular formula is C8H14N2O2S. The van der Waals surface area contributed by atoms with E-state index in [-0.39, 0.29) is 11.3 Å². The molecule has 3 aliphatic rings. The molecule has 13 heavy (non-hydrogen) atoms. The Morgan fingerprint density at radius 1 is 1.31 bits per heavy atom. The molecule has 2 bridgehead atoms. The van der Waals surface area contributed by atoms with Crippen LogP contribution in [0.2, 0.25) is 0 Å². The van der Waals surface area contributed by atoms with Gasteiger partial charge in [0.05, 0.1) is 5.25 Å². The lowest BCUT2D eigenvalue weighted by Crippen LogP contribution is -2.47. The lowest BCUT2D eigenvalue weighted by molar-refractivity contribution is 0.348. The quantitative estimate of drug-likeness (QED) is 0.658. The molecule has 2 heterocycles. The molecule has 3 rings (SSSR count). The molecule has 5 heteroatoms. The van der Waals surface area contributed by atoms with Gasteiger partial charge in [-0.25, -0.2) is 8.42 Å². The molecule has 1 saturated carbocycles. The summed E-state index contributed by atoms with van der Waals surface area (Å²) in [5, 5.41) is 3.28. The summed E-state index contributed by atoms with van der Waals surface area (Å²) in [6.45, 7) is 1.57. The van der Waals surface area contributed by atoms with Crippen LogP contribution >= 0.6 is 0 Å². The van der Waals surface area contributed by atoms with Crippen LogP contribution in [-0.4, -0.2) is 43.1 Å². The number of nitrogens with zero attached hydrogens (tertiary/aromatic N) is 1. The highest BCUT2D eigenvalue weighted by Crippen LogP contribution is 2.36. The SMILES string of the molecule is O=S(=O)(C1CC1)N1CC2CC1CN2. The Bertz CT molecular complexity index is 323. The summed E-state index contributed by atoms with van der Waals surface area (Å²) in [4.78, 5) is 0. The maximum Gasteiger partial charge on any atom is 0.217 e. The van der Waals surface area contributed by atoms with Crippen molar-refractivity contribution in [2.24, 2.45) is 0 Å². The third-order valence-electron chi connectivity index (χ3n) is 3.28. The first-order chi connectivity index (χ1) is 6.18. The van der Waals surface area contributed by atoms with Gasteiger partial charge in [0.15, 0.2) is 0 Å². The minimum absolute atomic E-state index is 0.0353. The monoisotopic (exact) mass is 202 g/mol. The molecule has 2 atom stereocenters. The van der Waals surface area contributed by atoms with Gasteiger partial charge in [0.1, 0.15) is 0 Å². The number of rotatable bonds is 2. The molecule has 0 amide bonds. The average Bonchev–Trinajstić information content (AvgIpc) is 2.76. The number of fused-ring (bicyclic) bond motifs is 2. The van der Waals surface area contributed by atoms with Gasteiger partial charge in [0, 0.05) is 25.2 Å². The highest BCUT2D eigenvalue weighted by Gasteiger charge is 2.49. The van der Waals surface area contributed by atoms with Crippen molar-refractivity contribution in [3.05, 3.63) is 0 Å². The van der Waals surface area contributed by atoms with Crippen molar-refractivity contribution in [1.82, 2.24) is 9.62 Å². The zero-order valence-corrected chi connectivity index (χ0v) is 8.26. The maximum atomic E-state index is 11.9. The topological polar surface area (TPSA) is 49.4 Å². The lowest BCUT2D eigenvalue weighted by Gasteiger charge is -2.26. The molecule has 2 aliphatic heterocycles. The summed E-state index contributed by atoms with van der Waals surface area (Å²) >= 11 is 0. The highest BCUT2D eigenvalue weighted by molar-refractivity contribution is 7.90. The van der Waals surface area contributed by atoms with Gasteiger partial charge in [-0.15, -0.1) is 0 Å². The fourth-order valence-corrected chi connectivity index (χ4v) is 4.47. The van der Waals surface area contributed by atoms with Gasteiger partial charge in [0.2, 0.25) is 10.0 Å². The molecule has 1 N–H and O–H groups in total. The van der Waals surface area contributed by atoms with Crippen molar-refractivity contribution in [3.8, 4) is 0 Å². The van der Waals surface area contributed by atoms with Gasteiger partial charge in [-0.1, -0.05) is 0 Å².